The van der Waals surface area contributed by atoms with Crippen molar-refractivity contribution in [1.82, 2.24) is 0 Å². The topological polar surface area (TPSA) is 18.5 Å². The maximum atomic E-state index is 12.0. The summed E-state index contributed by atoms with van der Waals surface area (Å²) in [4.78, 5) is 0. The van der Waals surface area contributed by atoms with E-state index in [1.54, 1.807) is 18.2 Å². The summed E-state index contributed by atoms with van der Waals surface area (Å²) in [5.74, 6) is 0.543. The normalized spacial score (nSPS) is 13.4. The molecule has 0 aliphatic rings. The largest absolute Gasteiger partial charge is 0.494 e. The van der Waals surface area contributed by atoms with Crippen molar-refractivity contribution < 1.29 is 22.6 Å². The molecule has 0 N–H and O–H groups in total. The highest BCUT2D eigenvalue weighted by molar-refractivity contribution is 9.10. The number of ether oxygens (including phenoxy) is 2. The van der Waals surface area contributed by atoms with Crippen molar-refractivity contribution in [2.24, 2.45) is 0 Å². The molecule has 0 amide bonds. The van der Waals surface area contributed by atoms with Crippen molar-refractivity contribution in [1.29, 1.82) is 0 Å². The van der Waals surface area contributed by atoms with Gasteiger partial charge in [-0.1, -0.05) is 15.9 Å². The molecular formula is C12H13BrClF3O2. The van der Waals surface area contributed by atoms with Gasteiger partial charge in [0.2, 0.25) is 0 Å². The first-order chi connectivity index (χ1) is 8.83. The zero-order valence-corrected chi connectivity index (χ0v) is 12.5. The van der Waals surface area contributed by atoms with Crippen molar-refractivity contribution in [2.45, 2.75) is 18.5 Å². The average molecular weight is 362 g/mol. The second-order valence-corrected chi connectivity index (χ2v) is 5.16. The standard InChI is InChI=1S/C12H13BrClF3O2/c1-2-19-11-4-3-8(13)5-9(11)10(14)6-18-7-12(15,16)17/h3-5,10H,2,6-7H2,1H3. The van der Waals surface area contributed by atoms with Gasteiger partial charge < -0.3 is 9.47 Å². The van der Waals surface area contributed by atoms with Crippen LogP contribution in [0.15, 0.2) is 22.7 Å². The first kappa shape index (κ1) is 16.6. The summed E-state index contributed by atoms with van der Waals surface area (Å²) >= 11 is 9.34. The molecule has 0 spiro atoms. The van der Waals surface area contributed by atoms with E-state index in [0.717, 1.165) is 4.47 Å². The number of benzene rings is 1. The van der Waals surface area contributed by atoms with E-state index in [-0.39, 0.29) is 6.61 Å². The third kappa shape index (κ3) is 6.01. The number of hydrogen-bond acceptors (Lipinski definition) is 2. The Kier molecular flexibility index (Phi) is 6.42. The third-order valence-electron chi connectivity index (χ3n) is 2.14. The Hall–Kier alpha value is -0.460. The summed E-state index contributed by atoms with van der Waals surface area (Å²) in [6, 6.07) is 5.19. The second kappa shape index (κ2) is 7.36. The van der Waals surface area contributed by atoms with Crippen LogP contribution in [0.5, 0.6) is 5.75 Å². The van der Waals surface area contributed by atoms with Gasteiger partial charge in [0.15, 0.2) is 0 Å². The minimum absolute atomic E-state index is 0.238. The Labute approximate surface area is 123 Å². The molecule has 108 valence electrons. The molecule has 7 heteroatoms. The molecule has 2 nitrogen and oxygen atoms in total. The molecule has 1 atom stereocenters. The van der Waals surface area contributed by atoms with Gasteiger partial charge in [0.05, 0.1) is 18.6 Å². The van der Waals surface area contributed by atoms with E-state index in [9.17, 15) is 13.2 Å². The molecule has 1 unspecified atom stereocenters. The quantitative estimate of drug-likeness (QED) is 0.683. The fourth-order valence-electron chi connectivity index (χ4n) is 1.42. The van der Waals surface area contributed by atoms with Crippen molar-refractivity contribution in [3.8, 4) is 5.75 Å². The molecule has 1 rings (SSSR count). The predicted octanol–water partition coefficient (Wildman–Crippen LogP) is 4.71. The first-order valence-electron chi connectivity index (χ1n) is 5.54. The maximum absolute atomic E-state index is 12.0. The van der Waals surface area contributed by atoms with Crippen LogP contribution in [0.25, 0.3) is 0 Å². The maximum Gasteiger partial charge on any atom is 0.411 e. The summed E-state index contributed by atoms with van der Waals surface area (Å²) < 4.78 is 46.6. The lowest BCUT2D eigenvalue weighted by molar-refractivity contribution is -0.173. The van der Waals surface area contributed by atoms with Gasteiger partial charge in [-0.05, 0) is 25.1 Å². The van der Waals surface area contributed by atoms with Crippen LogP contribution in [0.3, 0.4) is 0 Å². The second-order valence-electron chi connectivity index (χ2n) is 3.71. The molecular weight excluding hydrogens is 348 g/mol. The highest BCUT2D eigenvalue weighted by atomic mass is 79.9. The summed E-state index contributed by atoms with van der Waals surface area (Å²) in [6.45, 7) is 0.711. The number of hydrogen-bond donors (Lipinski definition) is 0. The van der Waals surface area contributed by atoms with Crippen molar-refractivity contribution in [3.63, 3.8) is 0 Å². The Balaban J connectivity index is 2.69. The van der Waals surface area contributed by atoms with Crippen LogP contribution >= 0.6 is 27.5 Å². The van der Waals surface area contributed by atoms with Gasteiger partial charge in [-0.3, -0.25) is 0 Å². The Morgan fingerprint density at radius 2 is 2.05 bits per heavy atom. The lowest BCUT2D eigenvalue weighted by Crippen LogP contribution is -2.18. The van der Waals surface area contributed by atoms with Gasteiger partial charge >= 0.3 is 6.18 Å². The van der Waals surface area contributed by atoms with E-state index >= 15 is 0 Å². The van der Waals surface area contributed by atoms with Crippen LogP contribution in [0.1, 0.15) is 17.9 Å². The third-order valence-corrected chi connectivity index (χ3v) is 2.99. The predicted molar refractivity (Wildman–Crippen MR) is 70.8 cm³/mol. The lowest BCUT2D eigenvalue weighted by atomic mass is 10.1. The van der Waals surface area contributed by atoms with Gasteiger partial charge in [0.1, 0.15) is 12.4 Å². The first-order valence-corrected chi connectivity index (χ1v) is 6.77. The molecule has 0 aliphatic heterocycles. The number of alkyl halides is 4. The molecule has 19 heavy (non-hydrogen) atoms. The van der Waals surface area contributed by atoms with E-state index in [4.69, 9.17) is 16.3 Å². The van der Waals surface area contributed by atoms with Gasteiger partial charge in [0.25, 0.3) is 0 Å². The monoisotopic (exact) mass is 360 g/mol. The molecule has 0 aromatic heterocycles. The summed E-state index contributed by atoms with van der Waals surface area (Å²) in [5.41, 5.74) is 0.597. The Bertz CT molecular complexity index is 412. The van der Waals surface area contributed by atoms with Gasteiger partial charge in [-0.25, -0.2) is 0 Å². The van der Waals surface area contributed by atoms with E-state index in [0.29, 0.717) is 17.9 Å². The average Bonchev–Trinajstić information content (AvgIpc) is 2.30. The highest BCUT2D eigenvalue weighted by Crippen LogP contribution is 2.33. The molecule has 0 aliphatic carbocycles. The van der Waals surface area contributed by atoms with Gasteiger partial charge in [0, 0.05) is 10.0 Å². The zero-order valence-electron chi connectivity index (χ0n) is 10.1. The summed E-state index contributed by atoms with van der Waals surface area (Å²) in [5, 5.41) is -0.707. The molecule has 0 radical (unpaired) electrons. The molecule has 0 saturated carbocycles. The fraction of sp³-hybridized carbons (Fsp3) is 0.500. The van der Waals surface area contributed by atoms with Crippen LogP contribution in [0.2, 0.25) is 0 Å². The summed E-state index contributed by atoms with van der Waals surface area (Å²) in [6.07, 6.45) is -4.35. The minimum atomic E-state index is -4.35. The van der Waals surface area contributed by atoms with Crippen LogP contribution in [0.4, 0.5) is 13.2 Å². The fourth-order valence-corrected chi connectivity index (χ4v) is 2.06. The number of halogens is 5. The van der Waals surface area contributed by atoms with E-state index in [2.05, 4.69) is 20.7 Å². The smallest absolute Gasteiger partial charge is 0.411 e. The Morgan fingerprint density at radius 3 is 2.63 bits per heavy atom. The molecule has 0 heterocycles. The van der Waals surface area contributed by atoms with Crippen molar-refractivity contribution in [2.75, 3.05) is 19.8 Å². The zero-order chi connectivity index (χ0) is 14.5. The molecule has 0 fully saturated rings. The minimum Gasteiger partial charge on any atom is -0.494 e. The van der Waals surface area contributed by atoms with Crippen LogP contribution < -0.4 is 4.74 Å². The van der Waals surface area contributed by atoms with Crippen molar-refractivity contribution in [3.05, 3.63) is 28.2 Å². The lowest BCUT2D eigenvalue weighted by Gasteiger charge is -2.16. The molecule has 0 saturated heterocycles. The summed E-state index contributed by atoms with van der Waals surface area (Å²) in [7, 11) is 0. The SMILES string of the molecule is CCOc1ccc(Br)cc1C(Cl)COCC(F)(F)F. The Morgan fingerprint density at radius 1 is 1.37 bits per heavy atom. The van der Waals surface area contributed by atoms with Gasteiger partial charge in [-0.15, -0.1) is 11.6 Å². The molecule has 0 bridgehead atoms. The number of rotatable bonds is 6. The van der Waals surface area contributed by atoms with Crippen LogP contribution in [-0.4, -0.2) is 26.0 Å². The van der Waals surface area contributed by atoms with E-state index in [1.807, 2.05) is 6.92 Å². The van der Waals surface area contributed by atoms with Gasteiger partial charge in [-0.2, -0.15) is 13.2 Å². The molecule has 1 aromatic carbocycles. The van der Waals surface area contributed by atoms with Crippen molar-refractivity contribution >= 4 is 27.5 Å². The van der Waals surface area contributed by atoms with E-state index < -0.39 is 18.2 Å². The van der Waals surface area contributed by atoms with E-state index in [1.165, 1.54) is 0 Å². The molecule has 1 aromatic rings. The highest BCUT2D eigenvalue weighted by Gasteiger charge is 2.28. The van der Waals surface area contributed by atoms with Crippen LogP contribution in [-0.2, 0) is 4.74 Å². The van der Waals surface area contributed by atoms with Crippen LogP contribution in [0, 0.1) is 0 Å².